The van der Waals surface area contributed by atoms with Gasteiger partial charge < -0.3 is 4.90 Å². The van der Waals surface area contributed by atoms with Crippen LogP contribution >= 0.6 is 15.9 Å². The van der Waals surface area contributed by atoms with Gasteiger partial charge in [-0.1, -0.05) is 35.0 Å². The number of nitrogens with one attached hydrogen (secondary N) is 1. The molecule has 4 rings (SSSR count). The summed E-state index contributed by atoms with van der Waals surface area (Å²) in [6.45, 7) is 6.64. The second-order valence-electron chi connectivity index (χ2n) is 8.73. The molecule has 2 aromatic rings. The lowest BCUT2D eigenvalue weighted by Gasteiger charge is -2.45. The molecule has 0 aromatic heterocycles. The molecular formula is C24H24BrN3O3. The summed E-state index contributed by atoms with van der Waals surface area (Å²) in [5.41, 5.74) is 3.45. The predicted octanol–water partition coefficient (Wildman–Crippen LogP) is 4.84. The van der Waals surface area contributed by atoms with Crippen LogP contribution in [0, 0.1) is 0 Å². The minimum atomic E-state index is -0.756. The average Bonchev–Trinajstić information content (AvgIpc) is 2.69. The number of hydrogen-bond donors (Lipinski definition) is 1. The Kier molecular flexibility index (Phi) is 5.25. The maximum atomic E-state index is 13.1. The van der Waals surface area contributed by atoms with Crippen LogP contribution in [0.1, 0.15) is 44.2 Å². The van der Waals surface area contributed by atoms with Crippen molar-refractivity contribution in [1.29, 1.82) is 0 Å². The van der Waals surface area contributed by atoms with Gasteiger partial charge in [-0.15, -0.1) is 0 Å². The van der Waals surface area contributed by atoms with Crippen LogP contribution in [-0.4, -0.2) is 30.4 Å². The topological polar surface area (TPSA) is 69.7 Å². The van der Waals surface area contributed by atoms with E-state index < -0.39 is 17.8 Å². The molecule has 1 unspecified atom stereocenters. The Morgan fingerprint density at radius 1 is 1.13 bits per heavy atom. The fraction of sp³-hybridized carbons (Fsp3) is 0.292. The Bertz CT molecular complexity index is 1140. The quantitative estimate of drug-likeness (QED) is 0.492. The highest BCUT2D eigenvalue weighted by Crippen LogP contribution is 2.42. The van der Waals surface area contributed by atoms with Crippen LogP contribution in [0.2, 0.25) is 0 Å². The molecule has 4 amide bonds. The van der Waals surface area contributed by atoms with Crippen LogP contribution < -0.4 is 15.1 Å². The number of hydrogen-bond acceptors (Lipinski definition) is 4. The summed E-state index contributed by atoms with van der Waals surface area (Å²) in [6.07, 6.45) is 2.56. The lowest BCUT2D eigenvalue weighted by atomic mass is 9.80. The first kappa shape index (κ1) is 21.3. The Balaban J connectivity index is 1.73. The van der Waals surface area contributed by atoms with E-state index in [9.17, 15) is 14.4 Å². The van der Waals surface area contributed by atoms with Crippen LogP contribution in [0.5, 0.6) is 0 Å². The molecular weight excluding hydrogens is 458 g/mol. The number of nitrogens with zero attached hydrogens (tertiary/aromatic N) is 2. The minimum absolute atomic E-state index is 0.0520. The molecule has 1 N–H and O–H groups in total. The number of benzene rings is 2. The average molecular weight is 482 g/mol. The smallest absolute Gasteiger partial charge is 0.335 e. The van der Waals surface area contributed by atoms with Crippen LogP contribution in [0.25, 0.3) is 6.08 Å². The van der Waals surface area contributed by atoms with Gasteiger partial charge >= 0.3 is 6.03 Å². The molecule has 0 spiro atoms. The number of carbonyl (C=O) groups is 3. The second-order valence-corrected chi connectivity index (χ2v) is 9.65. The number of amides is 4. The number of carbonyl (C=O) groups excluding carboxylic acids is 3. The predicted molar refractivity (Wildman–Crippen MR) is 125 cm³/mol. The molecule has 1 saturated heterocycles. The zero-order valence-electron chi connectivity index (χ0n) is 17.9. The maximum absolute atomic E-state index is 13.1. The Labute approximate surface area is 190 Å². The van der Waals surface area contributed by atoms with Gasteiger partial charge in [-0.05, 0) is 73.7 Å². The largest absolute Gasteiger partial charge is 0.369 e. The highest BCUT2D eigenvalue weighted by Gasteiger charge is 2.37. The monoisotopic (exact) mass is 481 g/mol. The van der Waals surface area contributed by atoms with E-state index in [-0.39, 0.29) is 11.1 Å². The molecule has 2 heterocycles. The number of imide groups is 2. The van der Waals surface area contributed by atoms with Crippen LogP contribution in [0.3, 0.4) is 0 Å². The first-order valence-electron chi connectivity index (χ1n) is 10.1. The molecule has 2 aliphatic heterocycles. The summed E-state index contributed by atoms with van der Waals surface area (Å²) in [4.78, 5) is 41.2. The van der Waals surface area contributed by atoms with Gasteiger partial charge in [0.1, 0.15) is 5.57 Å². The van der Waals surface area contributed by atoms with Gasteiger partial charge in [0.2, 0.25) is 0 Å². The molecule has 0 radical (unpaired) electrons. The van der Waals surface area contributed by atoms with E-state index in [1.807, 2.05) is 18.2 Å². The van der Waals surface area contributed by atoms with Crippen molar-refractivity contribution in [2.75, 3.05) is 16.8 Å². The molecule has 1 atom stereocenters. The summed E-state index contributed by atoms with van der Waals surface area (Å²) < 4.78 is 0.726. The normalized spacial score (nSPS) is 21.9. The number of rotatable bonds is 2. The van der Waals surface area contributed by atoms with Crippen molar-refractivity contribution < 1.29 is 14.4 Å². The Morgan fingerprint density at radius 2 is 1.87 bits per heavy atom. The van der Waals surface area contributed by atoms with Crippen LogP contribution in [0.4, 0.5) is 16.2 Å². The molecule has 0 bridgehead atoms. The fourth-order valence-corrected chi connectivity index (χ4v) is 4.75. The van der Waals surface area contributed by atoms with Gasteiger partial charge in [-0.25, -0.2) is 9.69 Å². The lowest BCUT2D eigenvalue weighted by molar-refractivity contribution is -0.122. The van der Waals surface area contributed by atoms with Crippen molar-refractivity contribution >= 4 is 51.2 Å². The molecule has 6 nitrogen and oxygen atoms in total. The second kappa shape index (κ2) is 7.64. The van der Waals surface area contributed by atoms with Crippen LogP contribution in [-0.2, 0) is 9.59 Å². The minimum Gasteiger partial charge on any atom is -0.369 e. The molecule has 160 valence electrons. The van der Waals surface area contributed by atoms with E-state index in [0.717, 1.165) is 27.0 Å². The summed E-state index contributed by atoms with van der Waals surface area (Å²) in [5, 5.41) is 2.27. The summed E-state index contributed by atoms with van der Waals surface area (Å²) in [5.74, 6) is -0.990. The van der Waals surface area contributed by atoms with E-state index in [4.69, 9.17) is 0 Å². The first-order chi connectivity index (χ1) is 14.6. The molecule has 1 fully saturated rings. The third-order valence-electron chi connectivity index (χ3n) is 6.14. The third kappa shape index (κ3) is 3.78. The summed E-state index contributed by atoms with van der Waals surface area (Å²) in [6, 6.07) is 12.0. The van der Waals surface area contributed by atoms with E-state index >= 15 is 0 Å². The first-order valence-corrected chi connectivity index (χ1v) is 10.9. The molecule has 7 heteroatoms. The third-order valence-corrected chi connectivity index (χ3v) is 6.63. The van der Waals surface area contributed by atoms with E-state index in [1.165, 1.54) is 5.56 Å². The zero-order chi connectivity index (χ0) is 22.5. The zero-order valence-corrected chi connectivity index (χ0v) is 19.5. The van der Waals surface area contributed by atoms with Crippen molar-refractivity contribution in [1.82, 2.24) is 5.32 Å². The van der Waals surface area contributed by atoms with Crippen molar-refractivity contribution in [2.24, 2.45) is 0 Å². The Hall–Kier alpha value is -2.93. The molecule has 0 aliphatic carbocycles. The van der Waals surface area contributed by atoms with Gasteiger partial charge in [0, 0.05) is 22.7 Å². The fourth-order valence-electron chi connectivity index (χ4n) is 4.36. The van der Waals surface area contributed by atoms with Gasteiger partial charge in [0.05, 0.1) is 5.69 Å². The van der Waals surface area contributed by atoms with Gasteiger partial charge in [-0.3, -0.25) is 14.9 Å². The highest BCUT2D eigenvalue weighted by atomic mass is 79.9. The highest BCUT2D eigenvalue weighted by molar-refractivity contribution is 9.10. The van der Waals surface area contributed by atoms with Crippen molar-refractivity contribution in [3.63, 3.8) is 0 Å². The van der Waals surface area contributed by atoms with Crippen LogP contribution in [0.15, 0.2) is 52.5 Å². The maximum Gasteiger partial charge on any atom is 0.335 e. The molecule has 0 saturated carbocycles. The molecule has 2 aliphatic rings. The Morgan fingerprint density at radius 3 is 2.58 bits per heavy atom. The molecule has 31 heavy (non-hydrogen) atoms. The van der Waals surface area contributed by atoms with Gasteiger partial charge in [-0.2, -0.15) is 0 Å². The summed E-state index contributed by atoms with van der Waals surface area (Å²) in [7, 11) is 2.09. The summed E-state index contributed by atoms with van der Waals surface area (Å²) >= 11 is 3.35. The van der Waals surface area contributed by atoms with Gasteiger partial charge in [0.15, 0.2) is 0 Å². The number of urea groups is 1. The number of barbiturate groups is 1. The van der Waals surface area contributed by atoms with Gasteiger partial charge in [0.25, 0.3) is 11.8 Å². The van der Waals surface area contributed by atoms with Crippen molar-refractivity contribution in [3.05, 3.63) is 63.6 Å². The molecule has 2 aromatic carbocycles. The van der Waals surface area contributed by atoms with Crippen molar-refractivity contribution in [2.45, 2.75) is 38.6 Å². The van der Waals surface area contributed by atoms with E-state index in [0.29, 0.717) is 11.6 Å². The number of fused-ring (bicyclic) bond motifs is 1. The lowest BCUT2D eigenvalue weighted by Crippen LogP contribution is -2.54. The van der Waals surface area contributed by atoms with E-state index in [2.05, 4.69) is 54.0 Å². The number of anilines is 2. The standard InChI is InChI=1S/C24H24BrN3O3/c1-14-13-24(2,3)27(4)20-9-8-15(10-18(14)20)11-19-21(29)26-23(31)28(22(19)30)17-7-5-6-16(25)12-17/h5-12,14H,13H2,1-4H3,(H,26,29,31)/b19-11-. The van der Waals surface area contributed by atoms with E-state index in [1.54, 1.807) is 30.3 Å². The number of halogens is 1. The SMILES string of the molecule is CC1CC(C)(C)N(C)c2ccc(/C=C3/C(=O)NC(=O)N(c4cccc(Br)c4)C3=O)cc21. The van der Waals surface area contributed by atoms with Crippen molar-refractivity contribution in [3.8, 4) is 0 Å².